The highest BCUT2D eigenvalue weighted by molar-refractivity contribution is 6.32. The van der Waals surface area contributed by atoms with Crippen molar-refractivity contribution in [2.24, 2.45) is 5.92 Å². The third-order valence-electron chi connectivity index (χ3n) is 3.22. The van der Waals surface area contributed by atoms with E-state index < -0.39 is 48.3 Å². The van der Waals surface area contributed by atoms with Gasteiger partial charge in [0.05, 0.1) is 29.7 Å². The maximum absolute atomic E-state index is 13.9. The number of carbonyl (C=O) groups is 2. The molecule has 0 fully saturated rings. The monoisotopic (exact) mass is 409 g/mol. The van der Waals surface area contributed by atoms with Crippen molar-refractivity contribution in [2.45, 2.75) is 25.9 Å². The van der Waals surface area contributed by atoms with Crippen LogP contribution in [0.1, 0.15) is 19.8 Å². The number of anilines is 1. The number of carbonyl (C=O) groups excluding carboxylic acids is 2. The van der Waals surface area contributed by atoms with E-state index in [4.69, 9.17) is 22.8 Å². The lowest BCUT2D eigenvalue weighted by Crippen LogP contribution is -2.30. The number of hydrogen-bond donors (Lipinski definition) is 1. The minimum Gasteiger partial charge on any atom is -0.479 e. The van der Waals surface area contributed by atoms with Crippen LogP contribution >= 0.6 is 11.6 Å². The van der Waals surface area contributed by atoms with E-state index in [0.717, 1.165) is 12.1 Å². The lowest BCUT2D eigenvalue weighted by atomic mass is 10.0. The van der Waals surface area contributed by atoms with Crippen molar-refractivity contribution in [1.82, 2.24) is 0 Å². The van der Waals surface area contributed by atoms with Crippen LogP contribution in [-0.4, -0.2) is 31.3 Å². The normalized spacial score (nSPS) is 12.0. The topological polar surface area (TPSA) is 64.6 Å². The molecular weight excluding hydrogens is 394 g/mol. The summed E-state index contributed by atoms with van der Waals surface area (Å²) in [7, 11) is 0. The fraction of sp³-hybridized carbons (Fsp3) is 0.412. The SMILES string of the molecule is C#CCOc1cc(NC(=O)CC(CC(=O)OCC)C(F)(F)F)c(F)cc1Cl. The molecule has 0 aliphatic carbocycles. The Labute approximate surface area is 158 Å². The molecule has 1 amide bonds. The summed E-state index contributed by atoms with van der Waals surface area (Å²) in [5.41, 5.74) is -0.437. The van der Waals surface area contributed by atoms with Crippen LogP contribution in [0.4, 0.5) is 23.2 Å². The molecule has 5 nitrogen and oxygen atoms in total. The van der Waals surface area contributed by atoms with Crippen LogP contribution in [0, 0.1) is 24.1 Å². The number of nitrogens with one attached hydrogen (secondary N) is 1. The molecule has 1 rings (SSSR count). The lowest BCUT2D eigenvalue weighted by Gasteiger charge is -2.19. The summed E-state index contributed by atoms with van der Waals surface area (Å²) in [5.74, 6) is -3.38. The molecule has 0 aromatic heterocycles. The van der Waals surface area contributed by atoms with Crippen molar-refractivity contribution in [3.05, 3.63) is 23.0 Å². The number of ether oxygens (including phenoxy) is 2. The maximum atomic E-state index is 13.9. The fourth-order valence-electron chi connectivity index (χ4n) is 2.00. The number of hydrogen-bond acceptors (Lipinski definition) is 4. The van der Waals surface area contributed by atoms with Gasteiger partial charge in [0.2, 0.25) is 5.91 Å². The Balaban J connectivity index is 2.90. The molecular formula is C17H16ClF4NO4. The fourth-order valence-corrected chi connectivity index (χ4v) is 2.21. The molecule has 0 aliphatic heterocycles. The van der Waals surface area contributed by atoms with Gasteiger partial charge in [0.25, 0.3) is 0 Å². The van der Waals surface area contributed by atoms with Gasteiger partial charge >= 0.3 is 12.1 Å². The number of terminal acetylenes is 1. The van der Waals surface area contributed by atoms with Crippen LogP contribution in [0.25, 0.3) is 0 Å². The van der Waals surface area contributed by atoms with Gasteiger partial charge in [0.15, 0.2) is 0 Å². The Kier molecular flexibility index (Phi) is 8.37. The van der Waals surface area contributed by atoms with Crippen molar-refractivity contribution in [3.8, 4) is 18.1 Å². The van der Waals surface area contributed by atoms with Crippen molar-refractivity contribution >= 4 is 29.2 Å². The molecule has 1 aromatic carbocycles. The summed E-state index contributed by atoms with van der Waals surface area (Å²) in [6.45, 7) is 1.16. The molecule has 0 aliphatic rings. The van der Waals surface area contributed by atoms with Gasteiger partial charge in [-0.2, -0.15) is 13.2 Å². The number of amides is 1. The zero-order chi connectivity index (χ0) is 20.6. The number of esters is 1. The van der Waals surface area contributed by atoms with E-state index in [-0.39, 0.29) is 24.0 Å². The van der Waals surface area contributed by atoms with Crippen molar-refractivity contribution in [2.75, 3.05) is 18.5 Å². The summed E-state index contributed by atoms with van der Waals surface area (Å²) in [4.78, 5) is 23.3. The van der Waals surface area contributed by atoms with Gasteiger partial charge in [-0.3, -0.25) is 9.59 Å². The molecule has 1 unspecified atom stereocenters. The van der Waals surface area contributed by atoms with Crippen molar-refractivity contribution in [1.29, 1.82) is 0 Å². The average Bonchev–Trinajstić information content (AvgIpc) is 2.55. The largest absolute Gasteiger partial charge is 0.479 e. The first-order valence-electron chi connectivity index (χ1n) is 7.66. The van der Waals surface area contributed by atoms with Crippen molar-refractivity contribution < 1.29 is 36.6 Å². The molecule has 0 saturated heterocycles. The van der Waals surface area contributed by atoms with Gasteiger partial charge in [-0.25, -0.2) is 4.39 Å². The van der Waals surface area contributed by atoms with E-state index in [1.807, 2.05) is 5.32 Å². The number of halogens is 5. The zero-order valence-corrected chi connectivity index (χ0v) is 14.9. The third kappa shape index (κ3) is 7.35. The van der Waals surface area contributed by atoms with E-state index >= 15 is 0 Å². The van der Waals surface area contributed by atoms with Gasteiger partial charge in [-0.15, -0.1) is 6.42 Å². The zero-order valence-electron chi connectivity index (χ0n) is 14.2. The predicted molar refractivity (Wildman–Crippen MR) is 89.8 cm³/mol. The molecule has 27 heavy (non-hydrogen) atoms. The molecule has 0 spiro atoms. The second kappa shape index (κ2) is 10.0. The maximum Gasteiger partial charge on any atom is 0.392 e. The number of rotatable bonds is 8. The molecule has 0 heterocycles. The molecule has 1 atom stereocenters. The van der Waals surface area contributed by atoms with Gasteiger partial charge in [0, 0.05) is 12.5 Å². The Hall–Kier alpha value is -2.47. The molecule has 1 N–H and O–H groups in total. The van der Waals surface area contributed by atoms with E-state index in [0.29, 0.717) is 0 Å². The molecule has 0 bridgehead atoms. The highest BCUT2D eigenvalue weighted by Crippen LogP contribution is 2.33. The molecule has 0 radical (unpaired) electrons. The Morgan fingerprint density at radius 3 is 2.56 bits per heavy atom. The number of alkyl halides is 3. The summed E-state index contributed by atoms with van der Waals surface area (Å²) in [5, 5.41) is 1.88. The van der Waals surface area contributed by atoms with Crippen LogP contribution in [0.15, 0.2) is 12.1 Å². The highest BCUT2D eigenvalue weighted by Gasteiger charge is 2.42. The minimum atomic E-state index is -4.82. The van der Waals surface area contributed by atoms with Crippen LogP contribution in [-0.2, 0) is 14.3 Å². The molecule has 0 saturated carbocycles. The van der Waals surface area contributed by atoms with Gasteiger partial charge in [-0.05, 0) is 13.0 Å². The Bertz CT molecular complexity index is 731. The van der Waals surface area contributed by atoms with Gasteiger partial charge < -0.3 is 14.8 Å². The number of benzene rings is 1. The second-order valence-electron chi connectivity index (χ2n) is 5.26. The quantitative estimate of drug-likeness (QED) is 0.401. The van der Waals surface area contributed by atoms with E-state index in [9.17, 15) is 27.2 Å². The summed E-state index contributed by atoms with van der Waals surface area (Å²) >= 11 is 5.76. The van der Waals surface area contributed by atoms with Crippen LogP contribution in [0.2, 0.25) is 5.02 Å². The Morgan fingerprint density at radius 1 is 1.33 bits per heavy atom. The molecule has 10 heteroatoms. The highest BCUT2D eigenvalue weighted by atomic mass is 35.5. The minimum absolute atomic E-state index is 0.0507. The first kappa shape index (κ1) is 22.6. The van der Waals surface area contributed by atoms with Gasteiger partial charge in [0.1, 0.15) is 18.2 Å². The first-order chi connectivity index (χ1) is 12.6. The third-order valence-corrected chi connectivity index (χ3v) is 3.52. The van der Waals surface area contributed by atoms with Gasteiger partial charge in [-0.1, -0.05) is 17.5 Å². The summed E-state index contributed by atoms with van der Waals surface area (Å²) < 4.78 is 62.5. The first-order valence-corrected chi connectivity index (χ1v) is 8.03. The Morgan fingerprint density at radius 2 is 2.00 bits per heavy atom. The predicted octanol–water partition coefficient (Wildman–Crippen LogP) is 3.95. The van der Waals surface area contributed by atoms with Crippen LogP contribution in [0.3, 0.4) is 0 Å². The van der Waals surface area contributed by atoms with E-state index in [2.05, 4.69) is 10.7 Å². The van der Waals surface area contributed by atoms with Crippen LogP contribution in [0.5, 0.6) is 5.75 Å². The van der Waals surface area contributed by atoms with Crippen molar-refractivity contribution in [3.63, 3.8) is 0 Å². The average molecular weight is 410 g/mol. The summed E-state index contributed by atoms with van der Waals surface area (Å²) in [6, 6.07) is 1.82. The molecule has 1 aromatic rings. The standard InChI is InChI=1S/C17H16ClF4NO4/c1-3-5-27-14-9-13(12(19)8-11(14)18)23-15(24)6-10(17(20,21)22)7-16(25)26-4-2/h1,8-10H,4-7H2,2H3,(H,23,24). The van der Waals surface area contributed by atoms with E-state index in [1.165, 1.54) is 6.92 Å². The second-order valence-corrected chi connectivity index (χ2v) is 5.66. The lowest BCUT2D eigenvalue weighted by molar-refractivity contribution is -0.186. The summed E-state index contributed by atoms with van der Waals surface area (Å²) in [6.07, 6.45) is -1.91. The van der Waals surface area contributed by atoms with Crippen LogP contribution < -0.4 is 10.1 Å². The smallest absolute Gasteiger partial charge is 0.392 e. The molecule has 148 valence electrons. The van der Waals surface area contributed by atoms with E-state index in [1.54, 1.807) is 0 Å².